The largest absolute Gasteiger partial charge is 0.457 e. The lowest BCUT2D eigenvalue weighted by Gasteiger charge is -2.21. The third-order valence-electron chi connectivity index (χ3n) is 3.78. The van der Waals surface area contributed by atoms with Crippen molar-refractivity contribution in [2.75, 3.05) is 13.2 Å². The molecule has 4 rings (SSSR count). The molecule has 0 N–H and O–H groups in total. The Labute approximate surface area is 145 Å². The highest BCUT2D eigenvalue weighted by molar-refractivity contribution is 5.57. The second kappa shape index (κ2) is 7.46. The molecular weight excluding hydrogens is 320 g/mol. The summed E-state index contributed by atoms with van der Waals surface area (Å²) in [5, 5.41) is 4.05. The summed E-state index contributed by atoms with van der Waals surface area (Å²) in [5.41, 5.74) is 0.828. The first-order valence-electron chi connectivity index (χ1n) is 8.26. The van der Waals surface area contributed by atoms with Crippen molar-refractivity contribution in [1.29, 1.82) is 0 Å². The second-order valence-corrected chi connectivity index (χ2v) is 5.68. The van der Waals surface area contributed by atoms with Crippen LogP contribution in [0.1, 0.15) is 12.3 Å². The Kier molecular flexibility index (Phi) is 4.72. The Hall–Kier alpha value is -2.70. The Morgan fingerprint density at radius 3 is 2.60 bits per heavy atom. The van der Waals surface area contributed by atoms with Gasteiger partial charge in [0.1, 0.15) is 11.5 Å². The molecule has 0 amide bonds. The number of nitrogens with zero attached hydrogens (tertiary/aromatic N) is 2. The van der Waals surface area contributed by atoms with E-state index in [9.17, 15) is 0 Å². The van der Waals surface area contributed by atoms with E-state index in [1.807, 2.05) is 54.6 Å². The molecule has 0 spiro atoms. The van der Waals surface area contributed by atoms with Gasteiger partial charge in [-0.05, 0) is 30.7 Å². The third-order valence-corrected chi connectivity index (χ3v) is 3.78. The van der Waals surface area contributed by atoms with E-state index >= 15 is 0 Å². The molecule has 0 bridgehead atoms. The number of benzene rings is 2. The molecule has 3 aromatic rings. The van der Waals surface area contributed by atoms with Gasteiger partial charge in [0.2, 0.25) is 11.7 Å². The molecule has 1 saturated heterocycles. The van der Waals surface area contributed by atoms with Gasteiger partial charge in [-0.1, -0.05) is 35.5 Å². The Morgan fingerprint density at radius 1 is 0.960 bits per heavy atom. The monoisotopic (exact) mass is 338 g/mol. The van der Waals surface area contributed by atoms with Crippen LogP contribution < -0.4 is 4.74 Å². The average molecular weight is 338 g/mol. The molecule has 1 aromatic heterocycles. The molecule has 1 aliphatic rings. The van der Waals surface area contributed by atoms with Gasteiger partial charge in [0.15, 0.2) is 6.29 Å². The van der Waals surface area contributed by atoms with Crippen LogP contribution in [0.15, 0.2) is 59.1 Å². The minimum Gasteiger partial charge on any atom is -0.457 e. The number of hydrogen-bond donors (Lipinski definition) is 0. The Bertz CT molecular complexity index is 813. The van der Waals surface area contributed by atoms with Crippen LogP contribution in [0.25, 0.3) is 11.4 Å². The van der Waals surface area contributed by atoms with Crippen LogP contribution in [0, 0.1) is 0 Å². The zero-order valence-electron chi connectivity index (χ0n) is 13.6. The second-order valence-electron chi connectivity index (χ2n) is 5.68. The number of hydrogen-bond acceptors (Lipinski definition) is 6. The van der Waals surface area contributed by atoms with E-state index in [0.717, 1.165) is 17.7 Å². The van der Waals surface area contributed by atoms with Crippen molar-refractivity contribution in [3.8, 4) is 22.9 Å². The van der Waals surface area contributed by atoms with Crippen molar-refractivity contribution in [1.82, 2.24) is 10.1 Å². The van der Waals surface area contributed by atoms with Gasteiger partial charge in [-0.3, -0.25) is 0 Å². The van der Waals surface area contributed by atoms with E-state index in [4.69, 9.17) is 18.7 Å². The fraction of sp³-hybridized carbons (Fsp3) is 0.263. The van der Waals surface area contributed by atoms with Crippen LogP contribution in [0.3, 0.4) is 0 Å². The van der Waals surface area contributed by atoms with Crippen molar-refractivity contribution in [3.63, 3.8) is 0 Å². The lowest BCUT2D eigenvalue weighted by molar-refractivity contribution is -0.179. The zero-order valence-corrected chi connectivity index (χ0v) is 13.6. The van der Waals surface area contributed by atoms with Gasteiger partial charge in [0, 0.05) is 5.56 Å². The topological polar surface area (TPSA) is 66.6 Å². The standard InChI is InChI=1S/C19H18N2O4/c1-2-7-15(8-3-1)24-16-9-4-6-14(12-16)19-20-17(25-21-19)13-18-22-10-5-11-23-18/h1-4,6-9,12,18H,5,10-11,13H2. The Balaban J connectivity index is 1.47. The van der Waals surface area contributed by atoms with Crippen LogP contribution in [0.5, 0.6) is 11.5 Å². The van der Waals surface area contributed by atoms with Gasteiger partial charge in [0.25, 0.3) is 0 Å². The quantitative estimate of drug-likeness (QED) is 0.704. The molecule has 2 heterocycles. The van der Waals surface area contributed by atoms with Gasteiger partial charge in [-0.25, -0.2) is 0 Å². The molecule has 0 aliphatic carbocycles. The maximum absolute atomic E-state index is 5.84. The lowest BCUT2D eigenvalue weighted by atomic mass is 10.2. The SMILES string of the molecule is c1ccc(Oc2cccc(-c3noc(CC4OCCCO4)n3)c2)cc1. The summed E-state index contributed by atoms with van der Waals surface area (Å²) in [6.45, 7) is 1.40. The summed E-state index contributed by atoms with van der Waals surface area (Å²) in [4.78, 5) is 4.43. The minimum atomic E-state index is -0.310. The van der Waals surface area contributed by atoms with Crippen LogP contribution >= 0.6 is 0 Å². The molecule has 1 aliphatic heterocycles. The Morgan fingerprint density at radius 2 is 1.76 bits per heavy atom. The smallest absolute Gasteiger partial charge is 0.232 e. The van der Waals surface area contributed by atoms with Crippen LogP contribution in [0.2, 0.25) is 0 Å². The minimum absolute atomic E-state index is 0.310. The predicted octanol–water partition coefficient (Wildman–Crippen LogP) is 3.83. The van der Waals surface area contributed by atoms with Crippen molar-refractivity contribution < 1.29 is 18.7 Å². The normalized spacial score (nSPS) is 15.2. The molecule has 6 heteroatoms. The molecule has 0 radical (unpaired) electrons. The maximum atomic E-state index is 5.84. The summed E-state index contributed by atoms with van der Waals surface area (Å²) in [7, 11) is 0. The molecule has 0 saturated carbocycles. The van der Waals surface area contributed by atoms with E-state index in [1.165, 1.54) is 0 Å². The van der Waals surface area contributed by atoms with Gasteiger partial charge in [-0.2, -0.15) is 4.98 Å². The van der Waals surface area contributed by atoms with Crippen LogP contribution in [-0.2, 0) is 15.9 Å². The molecule has 0 atom stereocenters. The molecular formula is C19H18N2O4. The highest BCUT2D eigenvalue weighted by Gasteiger charge is 2.19. The zero-order chi connectivity index (χ0) is 16.9. The van der Waals surface area contributed by atoms with Gasteiger partial charge >= 0.3 is 0 Å². The van der Waals surface area contributed by atoms with E-state index in [0.29, 0.717) is 37.1 Å². The van der Waals surface area contributed by atoms with Gasteiger partial charge in [0.05, 0.1) is 19.6 Å². The molecule has 25 heavy (non-hydrogen) atoms. The first-order valence-corrected chi connectivity index (χ1v) is 8.26. The number of aromatic nitrogens is 2. The molecule has 128 valence electrons. The first kappa shape index (κ1) is 15.8. The third kappa shape index (κ3) is 4.04. The van der Waals surface area contributed by atoms with Crippen molar-refractivity contribution >= 4 is 0 Å². The van der Waals surface area contributed by atoms with E-state index < -0.39 is 0 Å². The van der Waals surface area contributed by atoms with Crippen molar-refractivity contribution in [3.05, 3.63) is 60.5 Å². The number of ether oxygens (including phenoxy) is 3. The summed E-state index contributed by atoms with van der Waals surface area (Å²) in [5.74, 6) is 2.51. The first-order chi connectivity index (χ1) is 12.4. The predicted molar refractivity (Wildman–Crippen MR) is 90.3 cm³/mol. The fourth-order valence-electron chi connectivity index (χ4n) is 2.58. The van der Waals surface area contributed by atoms with Crippen molar-refractivity contribution in [2.45, 2.75) is 19.1 Å². The van der Waals surface area contributed by atoms with Crippen LogP contribution in [0.4, 0.5) is 0 Å². The number of para-hydroxylation sites is 1. The summed E-state index contributed by atoms with van der Waals surface area (Å²) < 4.78 is 22.2. The molecule has 2 aromatic carbocycles. The maximum Gasteiger partial charge on any atom is 0.232 e. The highest BCUT2D eigenvalue weighted by Crippen LogP contribution is 2.26. The van der Waals surface area contributed by atoms with E-state index in [2.05, 4.69) is 10.1 Å². The molecule has 1 fully saturated rings. The van der Waals surface area contributed by atoms with E-state index in [-0.39, 0.29) is 6.29 Å². The van der Waals surface area contributed by atoms with E-state index in [1.54, 1.807) is 0 Å². The fourth-order valence-corrected chi connectivity index (χ4v) is 2.58. The average Bonchev–Trinajstić information content (AvgIpc) is 3.12. The molecule has 0 unspecified atom stereocenters. The summed E-state index contributed by atoms with van der Waals surface area (Å²) >= 11 is 0. The molecule has 6 nitrogen and oxygen atoms in total. The van der Waals surface area contributed by atoms with Crippen molar-refractivity contribution in [2.24, 2.45) is 0 Å². The van der Waals surface area contributed by atoms with Gasteiger partial charge in [-0.15, -0.1) is 0 Å². The van der Waals surface area contributed by atoms with Gasteiger partial charge < -0.3 is 18.7 Å². The lowest BCUT2D eigenvalue weighted by Crippen LogP contribution is -2.26. The summed E-state index contributed by atoms with van der Waals surface area (Å²) in [6, 6.07) is 17.2. The highest BCUT2D eigenvalue weighted by atomic mass is 16.7. The van der Waals surface area contributed by atoms with Crippen LogP contribution in [-0.4, -0.2) is 29.6 Å². The number of rotatable bonds is 5. The summed E-state index contributed by atoms with van der Waals surface area (Å²) in [6.07, 6.45) is 1.06.